The SMILES string of the molecule is O=C1C=C2C=CC=CC=C2CC(=O)C1. The predicted octanol–water partition coefficient (Wildman–Crippen LogP) is 1.90. The summed E-state index contributed by atoms with van der Waals surface area (Å²) in [5.41, 5.74) is 1.80. The first-order valence-corrected chi connectivity index (χ1v) is 4.56. The van der Waals surface area contributed by atoms with Crippen LogP contribution in [0.5, 0.6) is 0 Å². The van der Waals surface area contributed by atoms with Gasteiger partial charge in [-0.25, -0.2) is 0 Å². The Bertz CT molecular complexity index is 406. The molecule has 70 valence electrons. The second-order valence-corrected chi connectivity index (χ2v) is 3.39. The van der Waals surface area contributed by atoms with Gasteiger partial charge in [0.2, 0.25) is 0 Å². The Morgan fingerprint density at radius 3 is 2.71 bits per heavy atom. The molecule has 2 rings (SSSR count). The summed E-state index contributed by atoms with van der Waals surface area (Å²) < 4.78 is 0. The summed E-state index contributed by atoms with van der Waals surface area (Å²) in [6.45, 7) is 0. The molecule has 0 fully saturated rings. The molecule has 0 bridgehead atoms. The Morgan fingerprint density at radius 1 is 1.00 bits per heavy atom. The maximum atomic E-state index is 11.3. The van der Waals surface area contributed by atoms with Crippen LogP contribution in [0.2, 0.25) is 0 Å². The van der Waals surface area contributed by atoms with Gasteiger partial charge in [-0.1, -0.05) is 30.4 Å². The number of ketones is 2. The third kappa shape index (κ3) is 1.79. The topological polar surface area (TPSA) is 34.1 Å². The van der Waals surface area contributed by atoms with Crippen LogP contribution in [0.3, 0.4) is 0 Å². The highest BCUT2D eigenvalue weighted by Gasteiger charge is 2.17. The Morgan fingerprint density at radius 2 is 1.86 bits per heavy atom. The lowest BCUT2D eigenvalue weighted by atomic mass is 10.0. The van der Waals surface area contributed by atoms with E-state index in [2.05, 4.69) is 0 Å². The Balaban J connectivity index is 2.45. The van der Waals surface area contributed by atoms with Crippen molar-refractivity contribution in [2.45, 2.75) is 12.8 Å². The van der Waals surface area contributed by atoms with Crippen LogP contribution in [0.1, 0.15) is 12.8 Å². The third-order valence-corrected chi connectivity index (χ3v) is 2.24. The zero-order chi connectivity index (χ0) is 9.97. The fraction of sp³-hybridized carbons (Fsp3) is 0.167. The minimum atomic E-state index is -0.0973. The molecular formula is C12H10O2. The molecule has 0 amide bonds. The quantitative estimate of drug-likeness (QED) is 0.541. The molecule has 0 unspecified atom stereocenters. The van der Waals surface area contributed by atoms with Crippen molar-refractivity contribution in [3.8, 4) is 0 Å². The molecule has 0 heterocycles. The number of hydrogen-bond acceptors (Lipinski definition) is 2. The maximum Gasteiger partial charge on any atom is 0.163 e. The highest BCUT2D eigenvalue weighted by atomic mass is 16.1. The van der Waals surface area contributed by atoms with Crippen LogP contribution in [0.15, 0.2) is 47.6 Å². The first-order valence-electron chi connectivity index (χ1n) is 4.56. The van der Waals surface area contributed by atoms with E-state index in [1.54, 1.807) is 6.08 Å². The fourth-order valence-corrected chi connectivity index (χ4v) is 1.59. The number of carbonyl (C=O) groups excluding carboxylic acids is 2. The van der Waals surface area contributed by atoms with Gasteiger partial charge in [0.15, 0.2) is 5.78 Å². The lowest BCUT2D eigenvalue weighted by Gasteiger charge is -2.01. The highest BCUT2D eigenvalue weighted by molar-refractivity contribution is 6.07. The minimum Gasteiger partial charge on any atom is -0.299 e. The molecule has 0 aromatic heterocycles. The van der Waals surface area contributed by atoms with Crippen molar-refractivity contribution in [2.75, 3.05) is 0 Å². The second kappa shape index (κ2) is 3.58. The van der Waals surface area contributed by atoms with Crippen LogP contribution < -0.4 is 0 Å². The molecule has 0 N–H and O–H groups in total. The molecule has 14 heavy (non-hydrogen) atoms. The third-order valence-electron chi connectivity index (χ3n) is 2.24. The summed E-state index contributed by atoms with van der Waals surface area (Å²) in [5, 5.41) is 0. The van der Waals surface area contributed by atoms with Gasteiger partial charge in [-0.05, 0) is 17.2 Å². The molecule has 2 aliphatic rings. The van der Waals surface area contributed by atoms with Gasteiger partial charge in [0.25, 0.3) is 0 Å². The van der Waals surface area contributed by atoms with Crippen molar-refractivity contribution in [3.63, 3.8) is 0 Å². The van der Waals surface area contributed by atoms with E-state index in [9.17, 15) is 9.59 Å². The Kier molecular flexibility index (Phi) is 2.27. The highest BCUT2D eigenvalue weighted by Crippen LogP contribution is 2.22. The van der Waals surface area contributed by atoms with Crippen molar-refractivity contribution < 1.29 is 9.59 Å². The van der Waals surface area contributed by atoms with Gasteiger partial charge in [-0.3, -0.25) is 9.59 Å². The van der Waals surface area contributed by atoms with Crippen molar-refractivity contribution in [3.05, 3.63) is 47.6 Å². The van der Waals surface area contributed by atoms with Gasteiger partial charge < -0.3 is 0 Å². The molecule has 0 aliphatic heterocycles. The molecule has 0 aromatic carbocycles. The Hall–Kier alpha value is -1.70. The van der Waals surface area contributed by atoms with E-state index < -0.39 is 0 Å². The largest absolute Gasteiger partial charge is 0.299 e. The van der Waals surface area contributed by atoms with Gasteiger partial charge in [0.1, 0.15) is 5.78 Å². The van der Waals surface area contributed by atoms with Gasteiger partial charge in [0, 0.05) is 6.42 Å². The maximum absolute atomic E-state index is 11.3. The summed E-state index contributed by atoms with van der Waals surface area (Å²) in [6.07, 6.45) is 11.4. The predicted molar refractivity (Wildman–Crippen MR) is 53.7 cm³/mol. The molecular weight excluding hydrogens is 176 g/mol. The number of carbonyl (C=O) groups is 2. The van der Waals surface area contributed by atoms with E-state index in [1.165, 1.54) is 0 Å². The summed E-state index contributed by atoms with van der Waals surface area (Å²) in [4.78, 5) is 22.6. The second-order valence-electron chi connectivity index (χ2n) is 3.39. The van der Waals surface area contributed by atoms with Gasteiger partial charge in [-0.2, -0.15) is 0 Å². The molecule has 2 nitrogen and oxygen atoms in total. The van der Waals surface area contributed by atoms with Crippen LogP contribution >= 0.6 is 0 Å². The van der Waals surface area contributed by atoms with E-state index in [0.29, 0.717) is 6.42 Å². The van der Waals surface area contributed by atoms with Crippen molar-refractivity contribution in [2.24, 2.45) is 0 Å². The van der Waals surface area contributed by atoms with E-state index in [0.717, 1.165) is 11.1 Å². The zero-order valence-corrected chi connectivity index (χ0v) is 7.69. The van der Waals surface area contributed by atoms with Crippen molar-refractivity contribution in [1.82, 2.24) is 0 Å². The average Bonchev–Trinajstić information content (AvgIpc) is 2.36. The summed E-state index contributed by atoms with van der Waals surface area (Å²) >= 11 is 0. The van der Waals surface area contributed by atoms with E-state index in [4.69, 9.17) is 0 Å². The summed E-state index contributed by atoms with van der Waals surface area (Å²) in [7, 11) is 0. The Labute approximate surface area is 82.3 Å². The van der Waals surface area contributed by atoms with Crippen LogP contribution in [0.25, 0.3) is 0 Å². The number of hydrogen-bond donors (Lipinski definition) is 0. The smallest absolute Gasteiger partial charge is 0.163 e. The van der Waals surface area contributed by atoms with E-state index >= 15 is 0 Å². The monoisotopic (exact) mass is 186 g/mol. The fourth-order valence-electron chi connectivity index (χ4n) is 1.59. The first kappa shape index (κ1) is 8.88. The lowest BCUT2D eigenvalue weighted by Crippen LogP contribution is -2.02. The molecule has 0 saturated carbocycles. The van der Waals surface area contributed by atoms with E-state index in [1.807, 2.05) is 30.4 Å². The molecule has 2 heteroatoms. The minimum absolute atomic E-state index is 0.00352. The standard InChI is InChI=1S/C12H10O2/c13-11-6-9-4-2-1-3-5-10(9)7-12(14)8-11/h1-6H,7-8H2. The molecule has 2 aliphatic carbocycles. The molecule has 0 saturated heterocycles. The van der Waals surface area contributed by atoms with Crippen LogP contribution in [0.4, 0.5) is 0 Å². The normalized spacial score (nSPS) is 20.9. The number of fused-ring (bicyclic) bond motifs is 1. The first-order chi connectivity index (χ1) is 6.75. The summed E-state index contributed by atoms with van der Waals surface area (Å²) in [6, 6.07) is 0. The molecule has 0 spiro atoms. The van der Waals surface area contributed by atoms with Crippen molar-refractivity contribution in [1.29, 1.82) is 0 Å². The number of rotatable bonds is 0. The van der Waals surface area contributed by atoms with Gasteiger partial charge in [0.05, 0.1) is 6.42 Å². The molecule has 0 aromatic rings. The van der Waals surface area contributed by atoms with Crippen LogP contribution in [0, 0.1) is 0 Å². The average molecular weight is 186 g/mol. The zero-order valence-electron chi connectivity index (χ0n) is 7.69. The van der Waals surface area contributed by atoms with Crippen molar-refractivity contribution >= 4 is 11.6 Å². The van der Waals surface area contributed by atoms with Gasteiger partial charge >= 0.3 is 0 Å². The van der Waals surface area contributed by atoms with Crippen LogP contribution in [-0.4, -0.2) is 11.6 Å². The summed E-state index contributed by atoms with van der Waals surface area (Å²) in [5.74, 6) is -0.101. The van der Waals surface area contributed by atoms with E-state index in [-0.39, 0.29) is 18.0 Å². The number of allylic oxidation sites excluding steroid dienone is 8. The van der Waals surface area contributed by atoms with Crippen LogP contribution in [-0.2, 0) is 9.59 Å². The molecule has 0 atom stereocenters. The van der Waals surface area contributed by atoms with Gasteiger partial charge in [-0.15, -0.1) is 0 Å². The molecule has 0 radical (unpaired) electrons. The number of Topliss-reactive ketones (excluding diaryl/α,β-unsaturated/α-hetero) is 1. The lowest BCUT2D eigenvalue weighted by molar-refractivity contribution is -0.124.